The third-order valence-corrected chi connectivity index (χ3v) is 2.45. The zero-order chi connectivity index (χ0) is 9.68. The van der Waals surface area contributed by atoms with E-state index >= 15 is 0 Å². The Labute approximate surface area is 93.2 Å². The number of benzene rings is 1. The van der Waals surface area contributed by atoms with Crippen molar-refractivity contribution in [2.45, 2.75) is 13.3 Å². The maximum Gasteiger partial charge on any atom is 0.145 e. The van der Waals surface area contributed by atoms with Crippen molar-refractivity contribution in [2.75, 3.05) is 0 Å². The number of allylic oxidation sites excluding steroid dienone is 2. The highest BCUT2D eigenvalue weighted by atomic mass is 35.5. The maximum absolute atomic E-state index is 10.3. The smallest absolute Gasteiger partial charge is 0.145 e. The number of carbonyl (C=O) groups is 1. The minimum Gasteiger partial charge on any atom is -0.298 e. The summed E-state index contributed by atoms with van der Waals surface area (Å²) < 4.78 is 0. The highest BCUT2D eigenvalue weighted by Gasteiger charge is 1.94. The molecule has 0 saturated carbocycles. The molecule has 0 aromatic heterocycles. The Bertz CT molecular complexity index is 334. The van der Waals surface area contributed by atoms with Gasteiger partial charge in [-0.25, -0.2) is 0 Å². The molecule has 0 bridgehead atoms. The quantitative estimate of drug-likeness (QED) is 0.441. The molecular weight excluding hydrogens is 215 g/mol. The van der Waals surface area contributed by atoms with Crippen molar-refractivity contribution in [3.63, 3.8) is 0 Å². The van der Waals surface area contributed by atoms with Gasteiger partial charge in [-0.1, -0.05) is 30.3 Å². The Hall–Kier alpha value is -0.650. The predicted octanol–water partition coefficient (Wildman–Crippen LogP) is 2.30. The lowest BCUT2D eigenvalue weighted by Crippen LogP contribution is -1.99. The van der Waals surface area contributed by atoms with Gasteiger partial charge < -0.3 is 0 Å². The zero-order valence-corrected chi connectivity index (χ0v) is 10.0. The molecule has 0 amide bonds. The first-order valence-corrected chi connectivity index (χ1v) is 4.77. The van der Waals surface area contributed by atoms with Gasteiger partial charge in [-0.15, -0.1) is 21.6 Å². The molecule has 0 spiro atoms. The van der Waals surface area contributed by atoms with Crippen LogP contribution < -0.4 is 5.30 Å². The summed E-state index contributed by atoms with van der Waals surface area (Å²) in [6, 6.07) is 8.12. The molecule has 0 N–H and O–H groups in total. The monoisotopic (exact) mass is 228 g/mol. The molecule has 3 heteroatoms. The summed E-state index contributed by atoms with van der Waals surface area (Å²) in [6.07, 6.45) is 3.64. The van der Waals surface area contributed by atoms with Gasteiger partial charge in [0.05, 0.1) is 0 Å². The standard InChI is InChI=1S/C11H13OP.ClH/c1-9(8-12)6-7-10-4-2-3-5-11(10)13;/h2-6,8H,7,13H2,1H3;1H. The van der Waals surface area contributed by atoms with Crippen molar-refractivity contribution in [1.82, 2.24) is 0 Å². The molecular formula is C11H14ClOP. The second-order valence-electron chi connectivity index (χ2n) is 2.97. The SMILES string of the molecule is CC(C=O)=CCc1ccccc1P.Cl. The third kappa shape index (κ3) is 4.04. The van der Waals surface area contributed by atoms with Gasteiger partial charge in [-0.3, -0.25) is 4.79 Å². The van der Waals surface area contributed by atoms with Crippen LogP contribution in [0.5, 0.6) is 0 Å². The lowest BCUT2D eigenvalue weighted by molar-refractivity contribution is -0.104. The van der Waals surface area contributed by atoms with Gasteiger partial charge in [-0.2, -0.15) is 0 Å². The number of aldehydes is 1. The van der Waals surface area contributed by atoms with Gasteiger partial charge >= 0.3 is 0 Å². The third-order valence-electron chi connectivity index (χ3n) is 1.88. The van der Waals surface area contributed by atoms with E-state index in [0.717, 1.165) is 18.3 Å². The highest BCUT2D eigenvalue weighted by Crippen LogP contribution is 2.03. The van der Waals surface area contributed by atoms with E-state index < -0.39 is 0 Å². The second kappa shape index (κ2) is 6.75. The average Bonchev–Trinajstić information content (AvgIpc) is 2.16. The van der Waals surface area contributed by atoms with Crippen LogP contribution in [-0.4, -0.2) is 6.29 Å². The first kappa shape index (κ1) is 13.4. The number of halogens is 1. The van der Waals surface area contributed by atoms with Gasteiger partial charge in [0.15, 0.2) is 0 Å². The molecule has 1 aromatic rings. The molecule has 0 heterocycles. The molecule has 1 rings (SSSR count). The molecule has 0 aliphatic carbocycles. The van der Waals surface area contributed by atoms with Crippen LogP contribution in [0.15, 0.2) is 35.9 Å². The fourth-order valence-corrected chi connectivity index (χ4v) is 1.36. The van der Waals surface area contributed by atoms with E-state index in [1.165, 1.54) is 10.9 Å². The molecule has 76 valence electrons. The molecule has 14 heavy (non-hydrogen) atoms. The maximum atomic E-state index is 10.3. The van der Waals surface area contributed by atoms with Crippen LogP contribution in [0.1, 0.15) is 12.5 Å². The van der Waals surface area contributed by atoms with E-state index in [9.17, 15) is 4.79 Å². The molecule has 0 aliphatic rings. The van der Waals surface area contributed by atoms with Crippen molar-refractivity contribution >= 4 is 33.2 Å². The zero-order valence-electron chi connectivity index (χ0n) is 8.07. The largest absolute Gasteiger partial charge is 0.298 e. The summed E-state index contributed by atoms with van der Waals surface area (Å²) in [7, 11) is 2.69. The molecule has 1 atom stereocenters. The highest BCUT2D eigenvalue weighted by molar-refractivity contribution is 7.27. The van der Waals surface area contributed by atoms with Gasteiger partial charge in [0.1, 0.15) is 6.29 Å². The Kier molecular flexibility index (Phi) is 6.44. The van der Waals surface area contributed by atoms with Crippen LogP contribution >= 0.6 is 21.6 Å². The lowest BCUT2D eigenvalue weighted by atomic mass is 10.1. The van der Waals surface area contributed by atoms with Crippen LogP contribution in [0, 0.1) is 0 Å². The Morgan fingerprint density at radius 2 is 2.07 bits per heavy atom. The summed E-state index contributed by atoms with van der Waals surface area (Å²) in [5.41, 5.74) is 2.03. The summed E-state index contributed by atoms with van der Waals surface area (Å²) in [5, 5.41) is 1.19. The number of rotatable bonds is 3. The van der Waals surface area contributed by atoms with Crippen LogP contribution in [0.3, 0.4) is 0 Å². The summed E-state index contributed by atoms with van der Waals surface area (Å²) in [5.74, 6) is 0. The van der Waals surface area contributed by atoms with Gasteiger partial charge in [0.2, 0.25) is 0 Å². The van der Waals surface area contributed by atoms with Crippen molar-refractivity contribution in [1.29, 1.82) is 0 Å². The normalized spacial score (nSPS) is 10.6. The van der Waals surface area contributed by atoms with E-state index in [1.54, 1.807) is 0 Å². The van der Waals surface area contributed by atoms with E-state index in [1.807, 2.05) is 31.2 Å². The molecule has 0 aliphatic heterocycles. The van der Waals surface area contributed by atoms with Crippen molar-refractivity contribution in [2.24, 2.45) is 0 Å². The van der Waals surface area contributed by atoms with E-state index in [0.29, 0.717) is 0 Å². The molecule has 1 aromatic carbocycles. The number of carbonyl (C=O) groups excluding carboxylic acids is 1. The topological polar surface area (TPSA) is 17.1 Å². The van der Waals surface area contributed by atoms with E-state index in [-0.39, 0.29) is 12.4 Å². The van der Waals surface area contributed by atoms with Crippen LogP contribution in [0.25, 0.3) is 0 Å². The van der Waals surface area contributed by atoms with Crippen LogP contribution in [0.2, 0.25) is 0 Å². The second-order valence-corrected chi connectivity index (χ2v) is 3.59. The molecule has 1 nitrogen and oxygen atoms in total. The minimum atomic E-state index is 0. The summed E-state index contributed by atoms with van der Waals surface area (Å²) >= 11 is 0. The van der Waals surface area contributed by atoms with Gasteiger partial charge in [-0.05, 0) is 29.8 Å². The molecule has 0 fully saturated rings. The molecule has 0 radical (unpaired) electrons. The fourth-order valence-electron chi connectivity index (χ4n) is 1.04. The first-order valence-electron chi connectivity index (χ1n) is 4.19. The Morgan fingerprint density at radius 1 is 1.43 bits per heavy atom. The van der Waals surface area contributed by atoms with Gasteiger partial charge in [0.25, 0.3) is 0 Å². The Balaban J connectivity index is 0.00000169. The summed E-state index contributed by atoms with van der Waals surface area (Å²) in [6.45, 7) is 1.82. The summed E-state index contributed by atoms with van der Waals surface area (Å²) in [4.78, 5) is 10.3. The fraction of sp³-hybridized carbons (Fsp3) is 0.182. The lowest BCUT2D eigenvalue weighted by Gasteiger charge is -2.00. The van der Waals surface area contributed by atoms with E-state index in [2.05, 4.69) is 15.3 Å². The average molecular weight is 229 g/mol. The molecule has 0 saturated heterocycles. The van der Waals surface area contributed by atoms with Crippen molar-refractivity contribution in [3.05, 3.63) is 41.5 Å². The first-order chi connectivity index (χ1) is 6.24. The molecule has 1 unspecified atom stereocenters. The van der Waals surface area contributed by atoms with Crippen molar-refractivity contribution in [3.8, 4) is 0 Å². The van der Waals surface area contributed by atoms with Crippen LogP contribution in [0.4, 0.5) is 0 Å². The van der Waals surface area contributed by atoms with Crippen molar-refractivity contribution < 1.29 is 4.79 Å². The Morgan fingerprint density at radius 3 is 2.64 bits per heavy atom. The minimum absolute atomic E-state index is 0. The number of hydrogen-bond acceptors (Lipinski definition) is 1. The van der Waals surface area contributed by atoms with Crippen LogP contribution in [-0.2, 0) is 11.2 Å². The predicted molar refractivity (Wildman–Crippen MR) is 66.6 cm³/mol. The van der Waals surface area contributed by atoms with Gasteiger partial charge in [0, 0.05) is 0 Å². The number of hydrogen-bond donors (Lipinski definition) is 0. The van der Waals surface area contributed by atoms with E-state index in [4.69, 9.17) is 0 Å².